The minimum Gasteiger partial charge on any atom is -0.0654 e. The molecule has 1 fully saturated rings. The molecular weight excluding hydrogens is 144 g/mol. The summed E-state index contributed by atoms with van der Waals surface area (Å²) in [4.78, 5) is 0. The average molecular weight is 168 g/mol. The molecule has 0 saturated heterocycles. The van der Waals surface area contributed by atoms with E-state index >= 15 is 0 Å². The second kappa shape index (κ2) is 4.89. The van der Waals surface area contributed by atoms with Gasteiger partial charge in [-0.2, -0.15) is 0 Å². The summed E-state index contributed by atoms with van der Waals surface area (Å²) >= 11 is 0. The lowest BCUT2D eigenvalue weighted by Crippen LogP contribution is -2.16. The van der Waals surface area contributed by atoms with Crippen molar-refractivity contribution >= 4 is 0 Å². The Bertz CT molecular complexity index is 111. The van der Waals surface area contributed by atoms with Crippen molar-refractivity contribution in [3.8, 4) is 0 Å². The van der Waals surface area contributed by atoms with Crippen LogP contribution in [-0.4, -0.2) is 0 Å². The smallest absolute Gasteiger partial charge is 0.0386 e. The van der Waals surface area contributed by atoms with Crippen LogP contribution in [0.25, 0.3) is 0 Å². The van der Waals surface area contributed by atoms with Gasteiger partial charge in [0.2, 0.25) is 0 Å². The van der Waals surface area contributed by atoms with E-state index in [1.54, 1.807) is 0 Å². The van der Waals surface area contributed by atoms with E-state index in [0.29, 0.717) is 0 Å². The first-order valence-electron chi connectivity index (χ1n) is 5.75. The lowest BCUT2D eigenvalue weighted by Gasteiger charge is -2.25. The van der Waals surface area contributed by atoms with Crippen LogP contribution in [0.2, 0.25) is 0 Å². The Morgan fingerprint density at radius 1 is 1.17 bits per heavy atom. The van der Waals surface area contributed by atoms with Gasteiger partial charge in [-0.05, 0) is 17.8 Å². The second-order valence-electron chi connectivity index (χ2n) is 4.67. The van der Waals surface area contributed by atoms with Crippen LogP contribution in [0.15, 0.2) is 0 Å². The number of hydrogen-bond acceptors (Lipinski definition) is 0. The molecule has 0 aromatic heterocycles. The maximum absolute atomic E-state index is 2.47. The molecule has 1 aliphatic carbocycles. The minimum atomic E-state index is 0.957. The monoisotopic (exact) mass is 168 g/mol. The van der Waals surface area contributed by atoms with Crippen LogP contribution in [0.4, 0.5) is 0 Å². The summed E-state index contributed by atoms with van der Waals surface area (Å²) in [7, 11) is 0. The molecule has 72 valence electrons. The average Bonchev–Trinajstić information content (AvgIpc) is 2.55. The lowest BCUT2D eigenvalue weighted by molar-refractivity contribution is 0.252. The highest BCUT2D eigenvalue weighted by Gasteiger charge is 2.24. The fourth-order valence-corrected chi connectivity index (χ4v) is 2.67. The number of hydrogen-bond donors (Lipinski definition) is 0. The van der Waals surface area contributed by atoms with Crippen LogP contribution < -0.4 is 0 Å². The van der Waals surface area contributed by atoms with Gasteiger partial charge in [0.05, 0.1) is 0 Å². The predicted octanol–water partition coefficient (Wildman–Crippen LogP) is 4.25. The van der Waals surface area contributed by atoms with Crippen LogP contribution >= 0.6 is 0 Å². The molecular formula is C12H24. The van der Waals surface area contributed by atoms with E-state index in [1.807, 2.05) is 0 Å². The molecule has 0 radical (unpaired) electrons. The zero-order valence-corrected chi connectivity index (χ0v) is 8.97. The summed E-state index contributed by atoms with van der Waals surface area (Å²) in [5.41, 5.74) is 0. The van der Waals surface area contributed by atoms with E-state index in [-0.39, 0.29) is 0 Å². The molecule has 0 N–H and O–H groups in total. The summed E-state index contributed by atoms with van der Waals surface area (Å²) in [6.45, 7) is 7.21. The Kier molecular flexibility index (Phi) is 4.11. The summed E-state index contributed by atoms with van der Waals surface area (Å²) in [6, 6.07) is 0. The third kappa shape index (κ3) is 2.50. The Labute approximate surface area is 77.7 Å². The molecule has 0 aromatic carbocycles. The molecule has 0 heteroatoms. The summed E-state index contributed by atoms with van der Waals surface area (Å²) < 4.78 is 0. The molecule has 1 saturated carbocycles. The van der Waals surface area contributed by atoms with Crippen molar-refractivity contribution in [2.24, 2.45) is 17.8 Å². The van der Waals surface area contributed by atoms with Gasteiger partial charge >= 0.3 is 0 Å². The van der Waals surface area contributed by atoms with E-state index in [2.05, 4.69) is 20.8 Å². The topological polar surface area (TPSA) is 0 Å². The molecule has 0 nitrogen and oxygen atoms in total. The molecule has 1 aliphatic rings. The quantitative estimate of drug-likeness (QED) is 0.588. The van der Waals surface area contributed by atoms with Gasteiger partial charge in [0.1, 0.15) is 0 Å². The molecule has 0 aliphatic heterocycles. The number of rotatable bonds is 4. The van der Waals surface area contributed by atoms with Gasteiger partial charge in [-0.3, -0.25) is 0 Å². The Morgan fingerprint density at radius 2 is 1.75 bits per heavy atom. The van der Waals surface area contributed by atoms with E-state index in [4.69, 9.17) is 0 Å². The van der Waals surface area contributed by atoms with Crippen molar-refractivity contribution in [1.82, 2.24) is 0 Å². The molecule has 0 aromatic rings. The fourth-order valence-electron chi connectivity index (χ4n) is 2.67. The fraction of sp³-hybridized carbons (Fsp3) is 1.00. The molecule has 2 unspecified atom stereocenters. The van der Waals surface area contributed by atoms with Gasteiger partial charge in [-0.1, -0.05) is 59.3 Å². The molecule has 0 amide bonds. The third-order valence-electron chi connectivity index (χ3n) is 3.78. The van der Waals surface area contributed by atoms with Crippen molar-refractivity contribution in [3.63, 3.8) is 0 Å². The van der Waals surface area contributed by atoms with Gasteiger partial charge in [0, 0.05) is 0 Å². The third-order valence-corrected chi connectivity index (χ3v) is 3.78. The van der Waals surface area contributed by atoms with Gasteiger partial charge in [-0.15, -0.1) is 0 Å². The van der Waals surface area contributed by atoms with Crippen molar-refractivity contribution in [3.05, 3.63) is 0 Å². The SMILES string of the molecule is CCCC(C)C(C)C1CCCC1. The zero-order valence-electron chi connectivity index (χ0n) is 8.97. The van der Waals surface area contributed by atoms with Crippen LogP contribution in [-0.2, 0) is 0 Å². The Hall–Kier alpha value is 0. The van der Waals surface area contributed by atoms with Crippen molar-refractivity contribution in [2.45, 2.75) is 59.3 Å². The van der Waals surface area contributed by atoms with E-state index in [0.717, 1.165) is 17.8 Å². The van der Waals surface area contributed by atoms with E-state index in [9.17, 15) is 0 Å². The summed E-state index contributed by atoms with van der Waals surface area (Å²) in [6.07, 6.45) is 8.79. The maximum Gasteiger partial charge on any atom is -0.0386 e. The lowest BCUT2D eigenvalue weighted by atomic mass is 9.81. The minimum absolute atomic E-state index is 0.957. The van der Waals surface area contributed by atoms with E-state index in [1.165, 1.54) is 38.5 Å². The highest BCUT2D eigenvalue weighted by molar-refractivity contribution is 4.75. The maximum atomic E-state index is 2.47. The Balaban J connectivity index is 2.29. The molecule has 0 spiro atoms. The zero-order chi connectivity index (χ0) is 8.97. The van der Waals surface area contributed by atoms with Crippen molar-refractivity contribution in [1.29, 1.82) is 0 Å². The van der Waals surface area contributed by atoms with E-state index < -0.39 is 0 Å². The molecule has 1 rings (SSSR count). The van der Waals surface area contributed by atoms with Crippen LogP contribution in [0.1, 0.15) is 59.3 Å². The van der Waals surface area contributed by atoms with Gasteiger partial charge in [0.25, 0.3) is 0 Å². The first kappa shape index (κ1) is 10.1. The first-order chi connectivity index (χ1) is 5.75. The Morgan fingerprint density at radius 3 is 2.25 bits per heavy atom. The predicted molar refractivity (Wildman–Crippen MR) is 55.2 cm³/mol. The summed E-state index contributed by atoms with van der Waals surface area (Å²) in [5.74, 6) is 3.00. The molecule has 0 heterocycles. The van der Waals surface area contributed by atoms with Crippen molar-refractivity contribution in [2.75, 3.05) is 0 Å². The largest absolute Gasteiger partial charge is 0.0654 e. The molecule has 12 heavy (non-hydrogen) atoms. The van der Waals surface area contributed by atoms with Gasteiger partial charge in [0.15, 0.2) is 0 Å². The molecule has 2 atom stereocenters. The van der Waals surface area contributed by atoms with Gasteiger partial charge in [-0.25, -0.2) is 0 Å². The standard InChI is InChI=1S/C12H24/c1-4-7-10(2)11(3)12-8-5-6-9-12/h10-12H,4-9H2,1-3H3. The van der Waals surface area contributed by atoms with Crippen molar-refractivity contribution < 1.29 is 0 Å². The van der Waals surface area contributed by atoms with Crippen LogP contribution in [0.5, 0.6) is 0 Å². The molecule has 0 bridgehead atoms. The summed E-state index contributed by atoms with van der Waals surface area (Å²) in [5, 5.41) is 0. The normalized spacial score (nSPS) is 24.2. The van der Waals surface area contributed by atoms with Crippen LogP contribution in [0, 0.1) is 17.8 Å². The highest BCUT2D eigenvalue weighted by Crippen LogP contribution is 2.36. The first-order valence-corrected chi connectivity index (χ1v) is 5.75. The second-order valence-corrected chi connectivity index (χ2v) is 4.67. The van der Waals surface area contributed by atoms with Gasteiger partial charge < -0.3 is 0 Å². The van der Waals surface area contributed by atoms with Crippen LogP contribution in [0.3, 0.4) is 0 Å². The highest BCUT2D eigenvalue weighted by atomic mass is 14.3.